The van der Waals surface area contributed by atoms with Crippen molar-refractivity contribution in [1.82, 2.24) is 0 Å². The molecule has 0 rings (SSSR count). The third-order valence-corrected chi connectivity index (χ3v) is 2.77. The van der Waals surface area contributed by atoms with Crippen molar-refractivity contribution in [2.24, 2.45) is 0 Å². The molecule has 188 valence electrons. The molecule has 15 heteroatoms. The SMILES string of the molecule is C=COCCCOC(F)(F)F.C=COCCCOS(C)(=O)=O.OCCCOC(F)(F)F. The summed E-state index contributed by atoms with van der Waals surface area (Å²) in [6, 6.07) is 0. The molecule has 0 aromatic carbocycles. The maximum absolute atomic E-state index is 11.3. The Bertz CT molecular complexity index is 523. The van der Waals surface area contributed by atoms with Crippen LogP contribution in [0.25, 0.3) is 0 Å². The van der Waals surface area contributed by atoms with E-state index in [4.69, 9.17) is 9.84 Å². The topological polar surface area (TPSA) is 101 Å². The summed E-state index contributed by atoms with van der Waals surface area (Å²) in [5.74, 6) is 0. The number of alkyl halides is 6. The van der Waals surface area contributed by atoms with Gasteiger partial charge in [0.05, 0.1) is 51.8 Å². The summed E-state index contributed by atoms with van der Waals surface area (Å²) in [7, 11) is -3.29. The van der Waals surface area contributed by atoms with E-state index in [0.29, 0.717) is 13.0 Å². The zero-order valence-electron chi connectivity index (χ0n) is 16.9. The van der Waals surface area contributed by atoms with Crippen molar-refractivity contribution in [3.63, 3.8) is 0 Å². The minimum atomic E-state index is -4.56. The Balaban J connectivity index is -0.000000382. The highest BCUT2D eigenvalue weighted by Gasteiger charge is 2.28. The van der Waals surface area contributed by atoms with Gasteiger partial charge >= 0.3 is 12.7 Å². The predicted octanol–water partition coefficient (Wildman–Crippen LogP) is 3.49. The average molecular weight is 494 g/mol. The summed E-state index contributed by atoms with van der Waals surface area (Å²) in [5.41, 5.74) is 0. The van der Waals surface area contributed by atoms with E-state index in [0.717, 1.165) is 6.26 Å². The highest BCUT2D eigenvalue weighted by Crippen LogP contribution is 2.16. The van der Waals surface area contributed by atoms with E-state index in [1.807, 2.05) is 0 Å². The fourth-order valence-corrected chi connectivity index (χ4v) is 1.52. The van der Waals surface area contributed by atoms with Gasteiger partial charge in [-0.25, -0.2) is 0 Å². The number of aliphatic hydroxyl groups is 1. The summed E-state index contributed by atoms with van der Waals surface area (Å²) < 4.78 is 108. The summed E-state index contributed by atoms with van der Waals surface area (Å²) in [5, 5.41) is 8.02. The molecule has 0 radical (unpaired) electrons. The molecule has 31 heavy (non-hydrogen) atoms. The first-order valence-corrected chi connectivity index (χ1v) is 10.3. The molecule has 0 bridgehead atoms. The minimum absolute atomic E-state index is 0.0134. The second-order valence-corrected chi connectivity index (χ2v) is 6.62. The van der Waals surface area contributed by atoms with Crippen LogP contribution in [-0.2, 0) is 33.2 Å². The minimum Gasteiger partial charge on any atom is -0.502 e. The summed E-state index contributed by atoms with van der Waals surface area (Å²) in [4.78, 5) is 0. The highest BCUT2D eigenvalue weighted by molar-refractivity contribution is 7.85. The summed E-state index contributed by atoms with van der Waals surface area (Å²) >= 11 is 0. The van der Waals surface area contributed by atoms with E-state index in [2.05, 4.69) is 31.6 Å². The summed E-state index contributed by atoms with van der Waals surface area (Å²) in [6.07, 6.45) is -4.84. The normalized spacial score (nSPS) is 11.4. The van der Waals surface area contributed by atoms with Gasteiger partial charge in [-0.1, -0.05) is 13.2 Å². The Labute approximate surface area is 177 Å². The number of hydrogen-bond acceptors (Lipinski definition) is 8. The van der Waals surface area contributed by atoms with Crippen LogP contribution < -0.4 is 0 Å². The molecule has 0 amide bonds. The van der Waals surface area contributed by atoms with E-state index in [9.17, 15) is 34.8 Å². The van der Waals surface area contributed by atoms with Crippen LogP contribution in [0, 0.1) is 0 Å². The van der Waals surface area contributed by atoms with Gasteiger partial charge < -0.3 is 14.6 Å². The molecule has 0 spiro atoms. The molecule has 0 saturated carbocycles. The van der Waals surface area contributed by atoms with Crippen molar-refractivity contribution < 1.29 is 63.0 Å². The van der Waals surface area contributed by atoms with Crippen LogP contribution in [0.5, 0.6) is 0 Å². The first-order valence-electron chi connectivity index (χ1n) is 8.50. The molecular weight excluding hydrogens is 466 g/mol. The zero-order valence-corrected chi connectivity index (χ0v) is 17.7. The Morgan fingerprint density at radius 1 is 0.774 bits per heavy atom. The smallest absolute Gasteiger partial charge is 0.502 e. The van der Waals surface area contributed by atoms with Crippen LogP contribution in [0.2, 0.25) is 0 Å². The van der Waals surface area contributed by atoms with E-state index in [-0.39, 0.29) is 39.3 Å². The molecule has 0 atom stereocenters. The van der Waals surface area contributed by atoms with E-state index in [1.54, 1.807) is 0 Å². The van der Waals surface area contributed by atoms with Crippen molar-refractivity contribution in [2.75, 3.05) is 45.9 Å². The van der Waals surface area contributed by atoms with Crippen molar-refractivity contribution in [2.45, 2.75) is 32.0 Å². The summed E-state index contributed by atoms with van der Waals surface area (Å²) in [6.45, 7) is 6.20. The zero-order chi connectivity index (χ0) is 24.8. The lowest BCUT2D eigenvalue weighted by Gasteiger charge is -2.06. The Kier molecular flexibility index (Phi) is 22.4. The maximum atomic E-state index is 11.3. The third-order valence-electron chi connectivity index (χ3n) is 2.18. The van der Waals surface area contributed by atoms with Crippen molar-refractivity contribution >= 4 is 10.1 Å². The maximum Gasteiger partial charge on any atom is 0.522 e. The number of ether oxygens (including phenoxy) is 4. The Morgan fingerprint density at radius 2 is 1.16 bits per heavy atom. The lowest BCUT2D eigenvalue weighted by atomic mass is 10.5. The first kappa shape index (κ1) is 34.1. The average Bonchev–Trinajstić information content (AvgIpc) is 2.60. The lowest BCUT2D eigenvalue weighted by molar-refractivity contribution is -0.325. The molecule has 1 N–H and O–H groups in total. The molecule has 8 nitrogen and oxygen atoms in total. The standard InChI is InChI=1S/C6H9F3O2.C6H12O4S.C4H7F3O2/c1-2-10-4-3-5-11-6(7,8)9;1-3-9-5-4-6-10-11(2,7)8;5-4(6,7)9-3-1-2-8/h2H,1,3-5H2;3H,1,4-6H2,2H3;8H,1-3H2. The molecule has 0 aliphatic carbocycles. The predicted molar refractivity (Wildman–Crippen MR) is 98.0 cm³/mol. The molecule has 0 fully saturated rings. The van der Waals surface area contributed by atoms with Crippen LogP contribution in [0.4, 0.5) is 26.3 Å². The molecule has 0 saturated heterocycles. The third kappa shape index (κ3) is 47.6. The van der Waals surface area contributed by atoms with E-state index in [1.165, 1.54) is 12.5 Å². The van der Waals surface area contributed by atoms with Crippen LogP contribution in [-0.4, -0.2) is 72.1 Å². The molecule has 0 aliphatic rings. The van der Waals surface area contributed by atoms with E-state index < -0.39 is 29.4 Å². The Morgan fingerprint density at radius 3 is 1.48 bits per heavy atom. The van der Waals surface area contributed by atoms with Gasteiger partial charge in [0, 0.05) is 19.4 Å². The molecule has 0 unspecified atom stereocenters. The van der Waals surface area contributed by atoms with Gasteiger partial charge in [-0.2, -0.15) is 8.42 Å². The van der Waals surface area contributed by atoms with Crippen LogP contribution >= 0.6 is 0 Å². The lowest BCUT2D eigenvalue weighted by Crippen LogP contribution is -2.14. The number of halogens is 6. The molecule has 0 aromatic heterocycles. The van der Waals surface area contributed by atoms with Crippen LogP contribution in [0.3, 0.4) is 0 Å². The van der Waals surface area contributed by atoms with Gasteiger partial charge in [0.2, 0.25) is 0 Å². The number of aliphatic hydroxyl groups excluding tert-OH is 1. The fourth-order valence-electron chi connectivity index (χ4n) is 1.10. The molecule has 0 aliphatic heterocycles. The van der Waals surface area contributed by atoms with Gasteiger partial charge in [-0.05, 0) is 6.42 Å². The number of rotatable bonds is 14. The van der Waals surface area contributed by atoms with Crippen molar-refractivity contribution in [3.8, 4) is 0 Å². The monoisotopic (exact) mass is 494 g/mol. The molecule has 0 aromatic rings. The first-order chi connectivity index (χ1) is 14.2. The van der Waals surface area contributed by atoms with Gasteiger partial charge in [-0.15, -0.1) is 26.3 Å². The van der Waals surface area contributed by atoms with Gasteiger partial charge in [0.25, 0.3) is 10.1 Å². The second kappa shape index (κ2) is 20.4. The fraction of sp³-hybridized carbons (Fsp3) is 0.750. The van der Waals surface area contributed by atoms with Gasteiger partial charge in [-0.3, -0.25) is 13.7 Å². The molecular formula is C16H28F6O8S. The highest BCUT2D eigenvalue weighted by atomic mass is 32.2. The quantitative estimate of drug-likeness (QED) is 0.170. The van der Waals surface area contributed by atoms with Crippen LogP contribution in [0.1, 0.15) is 19.3 Å². The largest absolute Gasteiger partial charge is 0.522 e. The number of hydrogen-bond donors (Lipinski definition) is 1. The van der Waals surface area contributed by atoms with Crippen LogP contribution in [0.15, 0.2) is 25.7 Å². The van der Waals surface area contributed by atoms with Gasteiger partial charge in [0.15, 0.2) is 0 Å². The Hall–Kier alpha value is -1.55. The van der Waals surface area contributed by atoms with Gasteiger partial charge in [0.1, 0.15) is 0 Å². The molecule has 0 heterocycles. The second-order valence-electron chi connectivity index (χ2n) is 4.97. The van der Waals surface area contributed by atoms with Crippen molar-refractivity contribution in [3.05, 3.63) is 25.7 Å². The van der Waals surface area contributed by atoms with Crippen molar-refractivity contribution in [1.29, 1.82) is 0 Å². The van der Waals surface area contributed by atoms with E-state index >= 15 is 0 Å².